The molecular formula is C4H7NO2. The molecule has 0 bridgehead atoms. The summed E-state index contributed by atoms with van der Waals surface area (Å²) in [5.74, 6) is 0. The molecule has 0 aliphatic heterocycles. The van der Waals surface area contributed by atoms with Crippen LogP contribution in [0.5, 0.6) is 0 Å². The first-order valence-electron chi connectivity index (χ1n) is 2.28. The third kappa shape index (κ3) is 0.632. The highest BCUT2D eigenvalue weighted by Gasteiger charge is 2.44. The summed E-state index contributed by atoms with van der Waals surface area (Å²) in [7, 11) is 0. The first kappa shape index (κ1) is 4.71. The van der Waals surface area contributed by atoms with Gasteiger partial charge in [0.05, 0.1) is 6.61 Å². The number of aliphatic hydroxyl groups is 1. The highest BCUT2D eigenvalue weighted by Crippen LogP contribution is 2.38. The Bertz CT molecular complexity index is 87.7. The summed E-state index contributed by atoms with van der Waals surface area (Å²) in [6, 6.07) is 0. The molecule has 0 radical (unpaired) electrons. The van der Waals surface area contributed by atoms with E-state index in [1.807, 2.05) is 0 Å². The molecule has 0 spiro atoms. The Labute approximate surface area is 41.3 Å². The van der Waals surface area contributed by atoms with Crippen molar-refractivity contribution in [2.75, 3.05) is 6.61 Å². The van der Waals surface area contributed by atoms with Crippen molar-refractivity contribution in [2.24, 2.45) is 5.18 Å². The van der Waals surface area contributed by atoms with Crippen molar-refractivity contribution in [1.82, 2.24) is 0 Å². The molecule has 0 aromatic carbocycles. The van der Waals surface area contributed by atoms with Crippen LogP contribution in [0.15, 0.2) is 5.18 Å². The van der Waals surface area contributed by atoms with Gasteiger partial charge in [-0.05, 0) is 12.8 Å². The monoisotopic (exact) mass is 101 g/mol. The zero-order chi connectivity index (χ0) is 5.33. The first-order chi connectivity index (χ1) is 3.33. The highest BCUT2D eigenvalue weighted by atomic mass is 16.3. The molecule has 1 saturated carbocycles. The summed E-state index contributed by atoms with van der Waals surface area (Å²) in [6.07, 6.45) is 1.54. The molecule has 0 atom stereocenters. The summed E-state index contributed by atoms with van der Waals surface area (Å²) in [5, 5.41) is 11.1. The normalized spacial score (nSPS) is 24.1. The molecule has 0 aromatic heterocycles. The minimum absolute atomic E-state index is 0.0729. The molecular weight excluding hydrogens is 94.0 g/mol. The fourth-order valence-electron chi connectivity index (χ4n) is 0.423. The molecule has 7 heavy (non-hydrogen) atoms. The van der Waals surface area contributed by atoms with E-state index in [1.165, 1.54) is 0 Å². The standard InChI is InChI=1S/C4H7NO2/c6-3-4(5-7)1-2-4/h6H,1-3H2. The van der Waals surface area contributed by atoms with E-state index in [9.17, 15) is 4.91 Å². The van der Waals surface area contributed by atoms with Crippen molar-refractivity contribution in [2.45, 2.75) is 18.4 Å². The van der Waals surface area contributed by atoms with Gasteiger partial charge in [-0.2, -0.15) is 4.91 Å². The molecule has 1 fully saturated rings. The lowest BCUT2D eigenvalue weighted by Gasteiger charge is -1.93. The van der Waals surface area contributed by atoms with E-state index >= 15 is 0 Å². The minimum Gasteiger partial charge on any atom is -0.394 e. The van der Waals surface area contributed by atoms with E-state index in [2.05, 4.69) is 5.18 Å². The van der Waals surface area contributed by atoms with Gasteiger partial charge >= 0.3 is 0 Å². The fourth-order valence-corrected chi connectivity index (χ4v) is 0.423. The van der Waals surface area contributed by atoms with Crippen LogP contribution in [0.3, 0.4) is 0 Å². The molecule has 0 saturated heterocycles. The van der Waals surface area contributed by atoms with Crippen molar-refractivity contribution in [3.05, 3.63) is 4.91 Å². The lowest BCUT2D eigenvalue weighted by Crippen LogP contribution is -2.08. The largest absolute Gasteiger partial charge is 0.394 e. The molecule has 1 aliphatic rings. The van der Waals surface area contributed by atoms with Crippen LogP contribution in [-0.2, 0) is 0 Å². The van der Waals surface area contributed by atoms with Gasteiger partial charge in [-0.1, -0.05) is 5.18 Å². The smallest absolute Gasteiger partial charge is 0.126 e. The van der Waals surface area contributed by atoms with Gasteiger partial charge in [-0.25, -0.2) is 0 Å². The molecule has 3 nitrogen and oxygen atoms in total. The minimum atomic E-state index is -0.542. The van der Waals surface area contributed by atoms with E-state index in [4.69, 9.17) is 5.11 Å². The van der Waals surface area contributed by atoms with Gasteiger partial charge in [0.15, 0.2) is 0 Å². The van der Waals surface area contributed by atoms with Gasteiger partial charge in [0.2, 0.25) is 0 Å². The zero-order valence-corrected chi connectivity index (χ0v) is 3.92. The fraction of sp³-hybridized carbons (Fsp3) is 1.00. The lowest BCUT2D eigenvalue weighted by atomic mass is 10.3. The van der Waals surface area contributed by atoms with Crippen molar-refractivity contribution >= 4 is 0 Å². The van der Waals surface area contributed by atoms with Crippen LogP contribution in [0.25, 0.3) is 0 Å². The molecule has 1 aliphatic carbocycles. The van der Waals surface area contributed by atoms with Crippen molar-refractivity contribution in [3.63, 3.8) is 0 Å². The number of nitroso groups, excluding NO2 is 1. The Hall–Kier alpha value is -0.440. The number of aliphatic hydroxyl groups excluding tert-OH is 1. The van der Waals surface area contributed by atoms with Crippen molar-refractivity contribution in [3.8, 4) is 0 Å². The van der Waals surface area contributed by atoms with Crippen LogP contribution >= 0.6 is 0 Å². The quantitative estimate of drug-likeness (QED) is 0.508. The number of hydrogen-bond acceptors (Lipinski definition) is 3. The number of rotatable bonds is 2. The summed E-state index contributed by atoms with van der Waals surface area (Å²) in [4.78, 5) is 9.71. The molecule has 0 aromatic rings. The Morgan fingerprint density at radius 3 is 2.29 bits per heavy atom. The van der Waals surface area contributed by atoms with Crippen LogP contribution in [0.2, 0.25) is 0 Å². The topological polar surface area (TPSA) is 49.7 Å². The van der Waals surface area contributed by atoms with Gasteiger partial charge in [0.1, 0.15) is 5.54 Å². The van der Waals surface area contributed by atoms with Gasteiger partial charge in [0, 0.05) is 0 Å². The van der Waals surface area contributed by atoms with E-state index in [1.54, 1.807) is 0 Å². The Kier molecular flexibility index (Phi) is 0.852. The van der Waals surface area contributed by atoms with Gasteiger partial charge in [0.25, 0.3) is 0 Å². The zero-order valence-electron chi connectivity index (χ0n) is 3.92. The third-order valence-corrected chi connectivity index (χ3v) is 1.32. The van der Waals surface area contributed by atoms with Crippen LogP contribution < -0.4 is 0 Å². The predicted octanol–water partition coefficient (Wildman–Crippen LogP) is 0.278. The van der Waals surface area contributed by atoms with Gasteiger partial charge in [-0.15, -0.1) is 0 Å². The number of hydrogen-bond donors (Lipinski definition) is 1. The summed E-state index contributed by atoms with van der Waals surface area (Å²) in [6.45, 7) is -0.0729. The molecule has 0 unspecified atom stereocenters. The van der Waals surface area contributed by atoms with Crippen LogP contribution in [-0.4, -0.2) is 17.3 Å². The lowest BCUT2D eigenvalue weighted by molar-refractivity contribution is 0.257. The number of nitrogens with zero attached hydrogens (tertiary/aromatic N) is 1. The van der Waals surface area contributed by atoms with E-state index in [0.717, 1.165) is 12.8 Å². The second-order valence-corrected chi connectivity index (χ2v) is 1.97. The molecule has 3 heteroatoms. The van der Waals surface area contributed by atoms with Crippen molar-refractivity contribution in [1.29, 1.82) is 0 Å². The summed E-state index contributed by atoms with van der Waals surface area (Å²) >= 11 is 0. The molecule has 0 heterocycles. The first-order valence-corrected chi connectivity index (χ1v) is 2.28. The molecule has 1 N–H and O–H groups in total. The van der Waals surface area contributed by atoms with E-state index in [0.29, 0.717) is 0 Å². The average molecular weight is 101 g/mol. The maximum atomic E-state index is 9.71. The van der Waals surface area contributed by atoms with Crippen LogP contribution in [0.1, 0.15) is 12.8 Å². The second-order valence-electron chi connectivity index (χ2n) is 1.97. The second kappa shape index (κ2) is 1.26. The maximum absolute atomic E-state index is 9.71. The van der Waals surface area contributed by atoms with Gasteiger partial charge < -0.3 is 5.11 Å². The SMILES string of the molecule is O=NC1(CO)CC1. The summed E-state index contributed by atoms with van der Waals surface area (Å²) < 4.78 is 0. The highest BCUT2D eigenvalue weighted by molar-refractivity contribution is 5.00. The predicted molar refractivity (Wildman–Crippen MR) is 24.8 cm³/mol. The Morgan fingerprint density at radius 2 is 2.29 bits per heavy atom. The average Bonchev–Trinajstić information content (AvgIpc) is 2.46. The van der Waals surface area contributed by atoms with E-state index < -0.39 is 5.54 Å². The molecule has 40 valence electrons. The molecule has 0 amide bonds. The van der Waals surface area contributed by atoms with Gasteiger partial charge in [-0.3, -0.25) is 0 Å². The Morgan fingerprint density at radius 1 is 1.71 bits per heavy atom. The molecule has 1 rings (SSSR count). The maximum Gasteiger partial charge on any atom is 0.126 e. The summed E-state index contributed by atoms with van der Waals surface area (Å²) in [5.41, 5.74) is -0.542. The van der Waals surface area contributed by atoms with E-state index in [-0.39, 0.29) is 6.61 Å². The third-order valence-electron chi connectivity index (χ3n) is 1.32. The van der Waals surface area contributed by atoms with Crippen molar-refractivity contribution < 1.29 is 5.11 Å². The van der Waals surface area contributed by atoms with Crippen LogP contribution in [0.4, 0.5) is 0 Å². The van der Waals surface area contributed by atoms with Crippen LogP contribution in [0, 0.1) is 4.91 Å². The Balaban J connectivity index is 2.42.